The van der Waals surface area contributed by atoms with Crippen LogP contribution in [0.5, 0.6) is 0 Å². The Labute approximate surface area is 133 Å². The summed E-state index contributed by atoms with van der Waals surface area (Å²) < 4.78 is 40.3. The molecule has 0 heterocycles. The lowest BCUT2D eigenvalue weighted by Gasteiger charge is -2.12. The third-order valence-corrected chi connectivity index (χ3v) is 4.65. The van der Waals surface area contributed by atoms with Crippen molar-refractivity contribution in [3.63, 3.8) is 0 Å². The maximum atomic E-state index is 13.3. The molecule has 0 aromatic heterocycles. The zero-order valence-corrected chi connectivity index (χ0v) is 13.4. The molecule has 7 heteroatoms. The van der Waals surface area contributed by atoms with Crippen molar-refractivity contribution in [1.82, 2.24) is 0 Å². The molecule has 0 amide bonds. The average molecular weight is 336 g/mol. The lowest BCUT2D eigenvalue weighted by molar-refractivity contribution is -0.255. The molecule has 5 nitrogen and oxygen atoms in total. The number of carbonyl (C=O) groups is 1. The van der Waals surface area contributed by atoms with E-state index in [0.717, 1.165) is 23.8 Å². The van der Waals surface area contributed by atoms with Crippen molar-refractivity contribution < 1.29 is 22.7 Å². The van der Waals surface area contributed by atoms with Gasteiger partial charge in [0.25, 0.3) is 10.0 Å². The highest BCUT2D eigenvalue weighted by molar-refractivity contribution is 7.92. The Morgan fingerprint density at radius 1 is 1.17 bits per heavy atom. The highest BCUT2D eigenvalue weighted by atomic mass is 32.2. The zero-order valence-electron chi connectivity index (χ0n) is 12.5. The van der Waals surface area contributed by atoms with Gasteiger partial charge in [-0.2, -0.15) is 0 Å². The summed E-state index contributed by atoms with van der Waals surface area (Å²) in [5.74, 6) is -2.61. The number of carbonyl (C=O) groups excluding carboxylic acids is 1. The van der Waals surface area contributed by atoms with Crippen molar-refractivity contribution in [2.24, 2.45) is 0 Å². The summed E-state index contributed by atoms with van der Waals surface area (Å²) in [6.07, 6.45) is 0. The second kappa shape index (κ2) is 6.37. The first-order chi connectivity index (χ1) is 10.7. The molecule has 0 bridgehead atoms. The number of halogens is 1. The van der Waals surface area contributed by atoms with Gasteiger partial charge in [-0.15, -0.1) is 0 Å². The molecule has 2 rings (SSSR count). The maximum Gasteiger partial charge on any atom is 0.261 e. The van der Waals surface area contributed by atoms with E-state index in [2.05, 4.69) is 4.72 Å². The summed E-state index contributed by atoms with van der Waals surface area (Å²) in [7, 11) is -4.04. The molecule has 0 fully saturated rings. The van der Waals surface area contributed by atoms with Crippen molar-refractivity contribution >= 4 is 21.7 Å². The fraction of sp³-hybridized carbons (Fsp3) is 0.188. The van der Waals surface area contributed by atoms with Crippen LogP contribution in [-0.4, -0.2) is 14.4 Å². The fourth-order valence-electron chi connectivity index (χ4n) is 2.00. The van der Waals surface area contributed by atoms with E-state index in [9.17, 15) is 22.7 Å². The molecule has 0 saturated carbocycles. The Balaban J connectivity index is 2.38. The first-order valence-electron chi connectivity index (χ1n) is 6.84. The first-order valence-corrected chi connectivity index (χ1v) is 8.32. The van der Waals surface area contributed by atoms with Gasteiger partial charge in [0.1, 0.15) is 5.82 Å². The zero-order chi connectivity index (χ0) is 17.2. The minimum atomic E-state index is -4.04. The highest BCUT2D eigenvalue weighted by Crippen LogP contribution is 2.22. The van der Waals surface area contributed by atoms with Gasteiger partial charge in [0.05, 0.1) is 10.9 Å². The molecule has 0 spiro atoms. The average Bonchev–Trinajstić information content (AvgIpc) is 2.46. The van der Waals surface area contributed by atoms with Crippen LogP contribution >= 0.6 is 0 Å². The Bertz CT molecular complexity index is 847. The number of hydrogen-bond acceptors (Lipinski definition) is 4. The smallest absolute Gasteiger partial charge is 0.261 e. The molecule has 23 heavy (non-hydrogen) atoms. The SMILES string of the molecule is CC(C)c1cccc(NS(=O)(=O)c2ccc(F)c(C(=O)[O-])c2)c1. The Morgan fingerprint density at radius 2 is 1.87 bits per heavy atom. The molecule has 0 aliphatic carbocycles. The van der Waals surface area contributed by atoms with Crippen LogP contribution in [0.4, 0.5) is 10.1 Å². The second-order valence-corrected chi connectivity index (χ2v) is 7.00. The standard InChI is InChI=1S/C16H16FNO4S/c1-10(2)11-4-3-5-12(8-11)18-23(21,22)13-6-7-15(17)14(9-13)16(19)20/h3-10,18H,1-2H3,(H,19,20)/p-1. The summed E-state index contributed by atoms with van der Waals surface area (Å²) in [5.41, 5.74) is 0.485. The van der Waals surface area contributed by atoms with Gasteiger partial charge in [0, 0.05) is 11.3 Å². The van der Waals surface area contributed by atoms with Crippen LogP contribution in [0.15, 0.2) is 47.4 Å². The van der Waals surface area contributed by atoms with Gasteiger partial charge in [-0.25, -0.2) is 12.8 Å². The molecular weight excluding hydrogens is 321 g/mol. The fourth-order valence-corrected chi connectivity index (χ4v) is 3.08. The monoisotopic (exact) mass is 336 g/mol. The summed E-state index contributed by atoms with van der Waals surface area (Å²) in [6.45, 7) is 3.94. The van der Waals surface area contributed by atoms with E-state index in [-0.39, 0.29) is 10.8 Å². The van der Waals surface area contributed by atoms with E-state index >= 15 is 0 Å². The Kier molecular flexibility index (Phi) is 4.70. The number of rotatable bonds is 5. The van der Waals surface area contributed by atoms with E-state index in [1.54, 1.807) is 18.2 Å². The normalized spacial score (nSPS) is 11.5. The maximum absolute atomic E-state index is 13.3. The van der Waals surface area contributed by atoms with Crippen molar-refractivity contribution in [2.45, 2.75) is 24.7 Å². The van der Waals surface area contributed by atoms with Gasteiger partial charge in [-0.1, -0.05) is 26.0 Å². The number of benzene rings is 2. The number of hydrogen-bond donors (Lipinski definition) is 1. The first kappa shape index (κ1) is 17.0. The summed E-state index contributed by atoms with van der Waals surface area (Å²) >= 11 is 0. The van der Waals surface area contributed by atoms with Gasteiger partial charge >= 0.3 is 0 Å². The van der Waals surface area contributed by atoms with Gasteiger partial charge in [-0.3, -0.25) is 4.72 Å². The number of nitrogens with one attached hydrogen (secondary N) is 1. The van der Waals surface area contributed by atoms with Crippen molar-refractivity contribution in [3.05, 3.63) is 59.4 Å². The Morgan fingerprint density at radius 3 is 2.48 bits per heavy atom. The molecule has 122 valence electrons. The van der Waals surface area contributed by atoms with Crippen molar-refractivity contribution in [3.8, 4) is 0 Å². The van der Waals surface area contributed by atoms with Crippen LogP contribution in [0.3, 0.4) is 0 Å². The lowest BCUT2D eigenvalue weighted by Crippen LogP contribution is -2.24. The number of sulfonamides is 1. The third-order valence-electron chi connectivity index (χ3n) is 3.27. The number of anilines is 1. The largest absolute Gasteiger partial charge is 0.545 e. The molecule has 0 radical (unpaired) electrons. The molecule has 0 unspecified atom stereocenters. The van der Waals surface area contributed by atoms with Gasteiger partial charge in [0.15, 0.2) is 0 Å². The molecule has 0 aliphatic heterocycles. The van der Waals surface area contributed by atoms with Gasteiger partial charge in [0.2, 0.25) is 0 Å². The minimum Gasteiger partial charge on any atom is -0.545 e. The van der Waals surface area contributed by atoms with Crippen LogP contribution in [0.25, 0.3) is 0 Å². The van der Waals surface area contributed by atoms with Crippen LogP contribution in [0.2, 0.25) is 0 Å². The molecule has 0 atom stereocenters. The summed E-state index contributed by atoms with van der Waals surface area (Å²) in [5, 5.41) is 10.8. The van der Waals surface area contributed by atoms with Crippen LogP contribution < -0.4 is 9.83 Å². The predicted octanol–water partition coefficient (Wildman–Crippen LogP) is 2.11. The quantitative estimate of drug-likeness (QED) is 0.906. The summed E-state index contributed by atoms with van der Waals surface area (Å²) in [4.78, 5) is 10.5. The van der Waals surface area contributed by atoms with E-state index in [4.69, 9.17) is 0 Å². The van der Waals surface area contributed by atoms with Crippen LogP contribution in [0, 0.1) is 5.82 Å². The third kappa shape index (κ3) is 3.87. The molecular formula is C16H15FNO4S-. The molecule has 2 aromatic rings. The lowest BCUT2D eigenvalue weighted by atomic mass is 10.0. The number of carboxylic acid groups (broad SMARTS) is 1. The molecule has 0 aliphatic rings. The minimum absolute atomic E-state index is 0.218. The van der Waals surface area contributed by atoms with Crippen LogP contribution in [0.1, 0.15) is 35.7 Å². The van der Waals surface area contributed by atoms with Crippen molar-refractivity contribution in [1.29, 1.82) is 0 Å². The predicted molar refractivity (Wildman–Crippen MR) is 82.1 cm³/mol. The van der Waals surface area contributed by atoms with E-state index in [1.165, 1.54) is 0 Å². The topological polar surface area (TPSA) is 86.3 Å². The number of carboxylic acids is 1. The van der Waals surface area contributed by atoms with Crippen LogP contribution in [-0.2, 0) is 10.0 Å². The number of aromatic carboxylic acids is 1. The van der Waals surface area contributed by atoms with E-state index in [0.29, 0.717) is 5.69 Å². The molecule has 1 N–H and O–H groups in total. The molecule has 2 aromatic carbocycles. The van der Waals surface area contributed by atoms with E-state index < -0.39 is 27.4 Å². The van der Waals surface area contributed by atoms with E-state index in [1.807, 2.05) is 19.9 Å². The van der Waals surface area contributed by atoms with Gasteiger partial charge < -0.3 is 9.90 Å². The van der Waals surface area contributed by atoms with Gasteiger partial charge in [-0.05, 0) is 41.8 Å². The highest BCUT2D eigenvalue weighted by Gasteiger charge is 2.17. The second-order valence-electron chi connectivity index (χ2n) is 5.31. The Hall–Kier alpha value is -2.41. The summed E-state index contributed by atoms with van der Waals surface area (Å²) in [6, 6.07) is 9.36. The molecule has 0 saturated heterocycles. The van der Waals surface area contributed by atoms with Crippen molar-refractivity contribution in [2.75, 3.05) is 4.72 Å².